The van der Waals surface area contributed by atoms with Crippen LogP contribution in [-0.4, -0.2) is 0 Å². The lowest BCUT2D eigenvalue weighted by Crippen LogP contribution is -1.96. The zero-order valence-electron chi connectivity index (χ0n) is 10.7. The van der Waals surface area contributed by atoms with Gasteiger partial charge in [0.25, 0.3) is 0 Å². The third-order valence-electron chi connectivity index (χ3n) is 3.06. The van der Waals surface area contributed by atoms with E-state index < -0.39 is 0 Å². The van der Waals surface area contributed by atoms with Crippen molar-refractivity contribution in [1.29, 1.82) is 0 Å². The average Bonchev–Trinajstić information content (AvgIpc) is 2.49. The predicted molar refractivity (Wildman–Crippen MR) is 82.3 cm³/mol. The van der Waals surface area contributed by atoms with E-state index in [1.165, 1.54) is 11.1 Å². The maximum atomic E-state index is 5.79. The number of hydrogen-bond acceptors (Lipinski definition) is 2. The summed E-state index contributed by atoms with van der Waals surface area (Å²) < 4.78 is 5.79. The minimum atomic E-state index is 0.941. The molecule has 0 unspecified atom stereocenters. The molecule has 2 heteroatoms. The fraction of sp³-hybridized carbons (Fsp3) is 0.0588. The summed E-state index contributed by atoms with van der Waals surface area (Å²) in [5.41, 5.74) is 3.56. The topological polar surface area (TPSA) is 9.23 Å². The van der Waals surface area contributed by atoms with Gasteiger partial charge in [-0.25, -0.2) is 0 Å². The Morgan fingerprint density at radius 2 is 1.63 bits per heavy atom. The second kappa shape index (κ2) is 5.37. The minimum Gasteiger partial charge on any atom is -0.463 e. The minimum absolute atomic E-state index is 0.941. The molecule has 0 saturated carbocycles. The Morgan fingerprint density at radius 1 is 0.895 bits per heavy atom. The third-order valence-corrected chi connectivity index (χ3v) is 3.96. The van der Waals surface area contributed by atoms with E-state index in [-0.39, 0.29) is 0 Å². The molecule has 1 aliphatic heterocycles. The van der Waals surface area contributed by atoms with Gasteiger partial charge in [-0.1, -0.05) is 66.4 Å². The Kier molecular flexibility index (Phi) is 3.43. The lowest BCUT2D eigenvalue weighted by molar-refractivity contribution is 0.439. The smallest absolute Gasteiger partial charge is 0.148 e. The molecule has 3 rings (SSSR count). The fourth-order valence-corrected chi connectivity index (χ4v) is 2.89. The van der Waals surface area contributed by atoms with E-state index in [4.69, 9.17) is 4.74 Å². The van der Waals surface area contributed by atoms with E-state index in [0.29, 0.717) is 0 Å². The first kappa shape index (κ1) is 12.1. The van der Waals surface area contributed by atoms with Gasteiger partial charge in [-0.2, -0.15) is 0 Å². The number of hydrogen-bond donors (Lipinski definition) is 0. The molecule has 0 atom stereocenters. The fourth-order valence-electron chi connectivity index (χ4n) is 2.10. The molecule has 0 aliphatic carbocycles. The van der Waals surface area contributed by atoms with Gasteiger partial charge in [0.1, 0.15) is 5.76 Å². The van der Waals surface area contributed by atoms with E-state index in [1.807, 2.05) is 23.6 Å². The largest absolute Gasteiger partial charge is 0.463 e. The van der Waals surface area contributed by atoms with Gasteiger partial charge in [0.2, 0.25) is 0 Å². The van der Waals surface area contributed by atoms with Gasteiger partial charge < -0.3 is 4.74 Å². The van der Waals surface area contributed by atoms with Gasteiger partial charge in [0.15, 0.2) is 0 Å². The van der Waals surface area contributed by atoms with Crippen molar-refractivity contribution in [3.05, 3.63) is 83.0 Å². The van der Waals surface area contributed by atoms with Gasteiger partial charge in [-0.15, -0.1) is 0 Å². The molecule has 0 bridgehead atoms. The van der Waals surface area contributed by atoms with Crippen molar-refractivity contribution in [1.82, 2.24) is 0 Å². The van der Waals surface area contributed by atoms with Crippen LogP contribution in [0.5, 0.6) is 0 Å². The van der Waals surface area contributed by atoms with Crippen LogP contribution in [0, 0.1) is 6.92 Å². The maximum Gasteiger partial charge on any atom is 0.148 e. The van der Waals surface area contributed by atoms with E-state index in [2.05, 4.69) is 43.3 Å². The van der Waals surface area contributed by atoms with Gasteiger partial charge in [0.05, 0.1) is 11.2 Å². The van der Waals surface area contributed by atoms with Gasteiger partial charge >= 0.3 is 0 Å². The van der Waals surface area contributed by atoms with Crippen molar-refractivity contribution in [3.8, 4) is 0 Å². The van der Waals surface area contributed by atoms with Crippen molar-refractivity contribution in [2.75, 3.05) is 0 Å². The summed E-state index contributed by atoms with van der Waals surface area (Å²) in [6.07, 6.45) is 1.75. The lowest BCUT2D eigenvalue weighted by atomic mass is 10.0. The number of rotatable bonds is 2. The summed E-state index contributed by atoms with van der Waals surface area (Å²) in [6.45, 7) is 2.11. The molecular formula is C17H14OS. The molecule has 94 valence electrons. The summed E-state index contributed by atoms with van der Waals surface area (Å²) in [6, 6.07) is 18.7. The molecule has 0 aromatic heterocycles. The summed E-state index contributed by atoms with van der Waals surface area (Å²) >= 11 is 1.70. The quantitative estimate of drug-likeness (QED) is 0.751. The standard InChI is InChI=1S/C17H14OS/c1-13-7-5-6-10-15(13)16-17(19-12-11-18-16)14-8-3-2-4-9-14/h2-12H,1H3. The zero-order chi connectivity index (χ0) is 13.1. The molecule has 0 saturated heterocycles. The molecule has 0 N–H and O–H groups in total. The highest BCUT2D eigenvalue weighted by Gasteiger charge is 2.16. The van der Waals surface area contributed by atoms with E-state index in [0.717, 1.165) is 16.2 Å². The molecule has 19 heavy (non-hydrogen) atoms. The van der Waals surface area contributed by atoms with Crippen LogP contribution in [0.25, 0.3) is 10.7 Å². The average molecular weight is 266 g/mol. The van der Waals surface area contributed by atoms with Crippen LogP contribution in [0.15, 0.2) is 66.3 Å². The van der Waals surface area contributed by atoms with Crippen molar-refractivity contribution >= 4 is 22.4 Å². The first-order chi connectivity index (χ1) is 9.36. The van der Waals surface area contributed by atoms with Gasteiger partial charge in [-0.05, 0) is 18.1 Å². The van der Waals surface area contributed by atoms with Gasteiger partial charge in [0, 0.05) is 11.0 Å². The van der Waals surface area contributed by atoms with Crippen LogP contribution < -0.4 is 0 Å². The molecule has 0 fully saturated rings. The van der Waals surface area contributed by atoms with Crippen molar-refractivity contribution in [2.45, 2.75) is 6.92 Å². The summed E-state index contributed by atoms with van der Waals surface area (Å²) in [5.74, 6) is 0.941. The van der Waals surface area contributed by atoms with E-state index >= 15 is 0 Å². The Bertz CT molecular complexity index is 641. The SMILES string of the molecule is Cc1ccccc1C1=C(c2ccccc2)SC=CO1. The number of ether oxygens (including phenoxy) is 1. The highest BCUT2D eigenvalue weighted by Crippen LogP contribution is 2.40. The first-order valence-electron chi connectivity index (χ1n) is 6.20. The third kappa shape index (κ3) is 2.45. The molecule has 0 radical (unpaired) electrons. The van der Waals surface area contributed by atoms with Crippen molar-refractivity contribution < 1.29 is 4.74 Å². The summed E-state index contributed by atoms with van der Waals surface area (Å²) in [4.78, 5) is 1.16. The van der Waals surface area contributed by atoms with Crippen LogP contribution in [0.1, 0.15) is 16.7 Å². The maximum absolute atomic E-state index is 5.79. The number of thioether (sulfide) groups is 1. The molecule has 0 spiro atoms. The summed E-state index contributed by atoms with van der Waals surface area (Å²) in [7, 11) is 0. The molecule has 0 amide bonds. The number of aryl methyl sites for hydroxylation is 1. The predicted octanol–water partition coefficient (Wildman–Crippen LogP) is 5.06. The monoisotopic (exact) mass is 266 g/mol. The first-order valence-corrected chi connectivity index (χ1v) is 7.08. The Hall–Kier alpha value is -1.93. The van der Waals surface area contributed by atoms with Crippen LogP contribution in [0.4, 0.5) is 0 Å². The molecule has 1 heterocycles. The molecule has 1 aliphatic rings. The molecule has 2 aromatic carbocycles. The zero-order valence-corrected chi connectivity index (χ0v) is 11.5. The van der Waals surface area contributed by atoms with Crippen LogP contribution in [0.3, 0.4) is 0 Å². The molecule has 1 nitrogen and oxygen atoms in total. The van der Waals surface area contributed by atoms with Crippen LogP contribution in [0.2, 0.25) is 0 Å². The van der Waals surface area contributed by atoms with E-state index in [1.54, 1.807) is 18.0 Å². The molecule has 2 aromatic rings. The highest BCUT2D eigenvalue weighted by atomic mass is 32.2. The van der Waals surface area contributed by atoms with Gasteiger partial charge in [-0.3, -0.25) is 0 Å². The van der Waals surface area contributed by atoms with Crippen LogP contribution in [-0.2, 0) is 4.74 Å². The number of benzene rings is 2. The normalized spacial score (nSPS) is 14.4. The Morgan fingerprint density at radius 3 is 2.42 bits per heavy atom. The van der Waals surface area contributed by atoms with Crippen molar-refractivity contribution in [3.63, 3.8) is 0 Å². The Labute approximate surface area is 117 Å². The second-order valence-electron chi connectivity index (χ2n) is 4.35. The Balaban J connectivity index is 2.15. The summed E-state index contributed by atoms with van der Waals surface area (Å²) in [5, 5.41) is 1.98. The highest BCUT2D eigenvalue weighted by molar-refractivity contribution is 8.11. The molecular weight excluding hydrogens is 252 g/mol. The lowest BCUT2D eigenvalue weighted by Gasteiger charge is -2.18. The van der Waals surface area contributed by atoms with Crippen molar-refractivity contribution in [2.24, 2.45) is 0 Å². The van der Waals surface area contributed by atoms with Crippen LogP contribution >= 0.6 is 11.8 Å². The van der Waals surface area contributed by atoms with E-state index in [9.17, 15) is 0 Å². The second-order valence-corrected chi connectivity index (χ2v) is 5.26.